The SMILES string of the molecule is C=CC(=O)O.C=CC(=O)O.CC(O)COC(C)COC(C)CO.CC(O)COC(C)COC(C)CO. The predicted octanol–water partition coefficient (Wildman–Crippen LogP) is 0.853. The molecule has 0 rings (SSSR count). The van der Waals surface area contributed by atoms with E-state index in [0.717, 1.165) is 12.2 Å². The first kappa shape index (κ1) is 41.2. The highest BCUT2D eigenvalue weighted by Gasteiger charge is 2.08. The molecule has 12 nitrogen and oxygen atoms in total. The minimum atomic E-state index is -0.981. The molecule has 0 aliphatic heterocycles. The summed E-state index contributed by atoms with van der Waals surface area (Å²) in [6.45, 7) is 18.1. The third-order valence-electron chi connectivity index (χ3n) is 3.34. The summed E-state index contributed by atoms with van der Waals surface area (Å²) in [5, 5.41) is 50.4. The van der Waals surface area contributed by atoms with Gasteiger partial charge in [0.1, 0.15) is 0 Å². The van der Waals surface area contributed by atoms with Gasteiger partial charge in [0.15, 0.2) is 0 Å². The second-order valence-electron chi connectivity index (χ2n) is 7.72. The Morgan fingerprint density at radius 1 is 0.611 bits per heavy atom. The van der Waals surface area contributed by atoms with Crippen LogP contribution in [0, 0.1) is 0 Å². The maximum atomic E-state index is 9.25. The highest BCUT2D eigenvalue weighted by Crippen LogP contribution is 1.98. The molecule has 6 atom stereocenters. The molecular formula is C24H48O12. The van der Waals surface area contributed by atoms with E-state index < -0.39 is 24.1 Å². The lowest BCUT2D eigenvalue weighted by Gasteiger charge is -2.16. The summed E-state index contributed by atoms with van der Waals surface area (Å²) < 4.78 is 20.9. The monoisotopic (exact) mass is 528 g/mol. The number of carboxylic acids is 2. The zero-order chi connectivity index (χ0) is 29.1. The van der Waals surface area contributed by atoms with Gasteiger partial charge in [-0.15, -0.1) is 0 Å². The maximum absolute atomic E-state index is 9.25. The Morgan fingerprint density at radius 3 is 1.00 bits per heavy atom. The lowest BCUT2D eigenvalue weighted by Crippen LogP contribution is -2.24. The molecule has 36 heavy (non-hydrogen) atoms. The van der Waals surface area contributed by atoms with Crippen molar-refractivity contribution < 1.29 is 59.2 Å². The van der Waals surface area contributed by atoms with E-state index >= 15 is 0 Å². The van der Waals surface area contributed by atoms with Crippen molar-refractivity contribution in [1.82, 2.24) is 0 Å². The molecule has 0 fully saturated rings. The summed E-state index contributed by atoms with van der Waals surface area (Å²) in [4.78, 5) is 18.5. The van der Waals surface area contributed by atoms with Gasteiger partial charge in [-0.1, -0.05) is 13.2 Å². The zero-order valence-corrected chi connectivity index (χ0v) is 22.4. The first-order valence-electron chi connectivity index (χ1n) is 11.4. The highest BCUT2D eigenvalue weighted by molar-refractivity contribution is 5.79. The van der Waals surface area contributed by atoms with E-state index in [1.54, 1.807) is 27.7 Å². The molecule has 0 spiro atoms. The summed E-state index contributed by atoms with van der Waals surface area (Å²) in [6, 6.07) is 0. The number of carboxylic acid groups (broad SMARTS) is 2. The highest BCUT2D eigenvalue weighted by atomic mass is 16.6. The number of aliphatic hydroxyl groups excluding tert-OH is 4. The number of hydrogen-bond donors (Lipinski definition) is 6. The first-order chi connectivity index (χ1) is 16.7. The average Bonchev–Trinajstić information content (AvgIpc) is 2.83. The molecule has 6 N–H and O–H groups in total. The van der Waals surface area contributed by atoms with Gasteiger partial charge in [0.2, 0.25) is 0 Å². The fourth-order valence-corrected chi connectivity index (χ4v) is 1.41. The Hall–Kier alpha value is -1.90. The van der Waals surface area contributed by atoms with Crippen molar-refractivity contribution in [2.75, 3.05) is 39.6 Å². The minimum absolute atomic E-state index is 0.0170. The fourth-order valence-electron chi connectivity index (χ4n) is 1.41. The van der Waals surface area contributed by atoms with E-state index in [1.165, 1.54) is 0 Å². The molecule has 12 heteroatoms. The fraction of sp³-hybridized carbons (Fsp3) is 0.750. The normalized spacial score (nSPS) is 14.9. The largest absolute Gasteiger partial charge is 0.478 e. The summed E-state index contributed by atoms with van der Waals surface area (Å²) in [6.07, 6.45) is 0.359. The molecule has 0 saturated heterocycles. The van der Waals surface area contributed by atoms with Crippen molar-refractivity contribution >= 4 is 11.9 Å². The lowest BCUT2D eigenvalue weighted by atomic mass is 10.4. The van der Waals surface area contributed by atoms with Crippen LogP contribution in [-0.4, -0.2) is 119 Å². The first-order valence-corrected chi connectivity index (χ1v) is 11.4. The van der Waals surface area contributed by atoms with Crippen LogP contribution in [-0.2, 0) is 28.5 Å². The Morgan fingerprint density at radius 2 is 0.833 bits per heavy atom. The number of carbonyl (C=O) groups is 2. The Balaban J connectivity index is -0.000000208. The third kappa shape index (κ3) is 45.6. The van der Waals surface area contributed by atoms with Crippen molar-refractivity contribution in [2.45, 2.75) is 78.2 Å². The molecule has 0 aromatic carbocycles. The number of aliphatic hydroxyl groups is 4. The van der Waals surface area contributed by atoms with Crippen LogP contribution in [0.3, 0.4) is 0 Å². The Kier molecular flexibility index (Phi) is 33.6. The van der Waals surface area contributed by atoms with Gasteiger partial charge < -0.3 is 49.6 Å². The van der Waals surface area contributed by atoms with Crippen LogP contribution in [0.1, 0.15) is 41.5 Å². The topological polar surface area (TPSA) is 192 Å². The van der Waals surface area contributed by atoms with Crippen molar-refractivity contribution in [2.24, 2.45) is 0 Å². The summed E-state index contributed by atoms with van der Waals surface area (Å²) >= 11 is 0. The third-order valence-corrected chi connectivity index (χ3v) is 3.34. The van der Waals surface area contributed by atoms with E-state index in [4.69, 9.17) is 49.6 Å². The van der Waals surface area contributed by atoms with E-state index in [-0.39, 0.29) is 37.6 Å². The van der Waals surface area contributed by atoms with Crippen LogP contribution in [0.2, 0.25) is 0 Å². The van der Waals surface area contributed by atoms with Gasteiger partial charge in [-0.05, 0) is 41.5 Å². The number of rotatable bonds is 16. The number of aliphatic carboxylic acids is 2. The van der Waals surface area contributed by atoms with E-state index in [9.17, 15) is 9.59 Å². The molecular weight excluding hydrogens is 480 g/mol. The maximum Gasteiger partial charge on any atom is 0.327 e. The second kappa shape index (κ2) is 29.3. The molecule has 0 bridgehead atoms. The average molecular weight is 529 g/mol. The van der Waals surface area contributed by atoms with Crippen LogP contribution in [0.5, 0.6) is 0 Å². The van der Waals surface area contributed by atoms with Gasteiger partial charge in [0, 0.05) is 12.2 Å². The van der Waals surface area contributed by atoms with E-state index in [0.29, 0.717) is 26.4 Å². The minimum Gasteiger partial charge on any atom is -0.478 e. The van der Waals surface area contributed by atoms with Crippen molar-refractivity contribution in [3.63, 3.8) is 0 Å². The summed E-state index contributed by atoms with van der Waals surface area (Å²) in [5.74, 6) is -1.96. The molecule has 0 aliphatic carbocycles. The molecule has 0 aliphatic rings. The van der Waals surface area contributed by atoms with E-state index in [2.05, 4.69) is 13.2 Å². The van der Waals surface area contributed by atoms with Gasteiger partial charge in [0.25, 0.3) is 0 Å². The Bertz CT molecular complexity index is 479. The van der Waals surface area contributed by atoms with Crippen LogP contribution in [0.15, 0.2) is 25.3 Å². The second-order valence-corrected chi connectivity index (χ2v) is 7.72. The molecule has 6 unspecified atom stereocenters. The molecule has 0 amide bonds. The van der Waals surface area contributed by atoms with Gasteiger partial charge >= 0.3 is 11.9 Å². The van der Waals surface area contributed by atoms with Crippen molar-refractivity contribution in [3.8, 4) is 0 Å². The summed E-state index contributed by atoms with van der Waals surface area (Å²) in [5.41, 5.74) is 0. The number of hydrogen-bond acceptors (Lipinski definition) is 10. The predicted molar refractivity (Wildman–Crippen MR) is 135 cm³/mol. The van der Waals surface area contributed by atoms with Gasteiger partial charge in [-0.2, -0.15) is 0 Å². The van der Waals surface area contributed by atoms with Gasteiger partial charge in [0.05, 0.1) is 76.3 Å². The molecule has 0 saturated carbocycles. The molecule has 0 aromatic rings. The Labute approximate surface area is 214 Å². The summed E-state index contributed by atoms with van der Waals surface area (Å²) in [7, 11) is 0. The number of ether oxygens (including phenoxy) is 4. The quantitative estimate of drug-likeness (QED) is 0.155. The molecule has 0 aromatic heterocycles. The van der Waals surface area contributed by atoms with Crippen molar-refractivity contribution in [3.05, 3.63) is 25.3 Å². The van der Waals surface area contributed by atoms with Crippen molar-refractivity contribution in [1.29, 1.82) is 0 Å². The van der Waals surface area contributed by atoms with Crippen LogP contribution in [0.4, 0.5) is 0 Å². The van der Waals surface area contributed by atoms with Crippen LogP contribution >= 0.6 is 0 Å². The lowest BCUT2D eigenvalue weighted by molar-refractivity contribution is -0.132. The van der Waals surface area contributed by atoms with E-state index in [1.807, 2.05) is 13.8 Å². The van der Waals surface area contributed by atoms with Crippen LogP contribution < -0.4 is 0 Å². The molecule has 0 heterocycles. The zero-order valence-electron chi connectivity index (χ0n) is 22.4. The standard InChI is InChI=1S/2C9H20O4.2C3H4O2/c2*1-7(11)5-12-9(3)6-13-8(2)4-10;2*1-2-3(4)5/h2*7-11H,4-6H2,1-3H3;2*2H,1H2,(H,4,5). The van der Waals surface area contributed by atoms with Gasteiger partial charge in [-0.25, -0.2) is 9.59 Å². The van der Waals surface area contributed by atoms with Gasteiger partial charge in [-0.3, -0.25) is 0 Å². The smallest absolute Gasteiger partial charge is 0.327 e. The molecule has 216 valence electrons. The molecule has 0 radical (unpaired) electrons. The van der Waals surface area contributed by atoms with Crippen LogP contribution in [0.25, 0.3) is 0 Å².